The third-order valence-electron chi connectivity index (χ3n) is 8.18. The molecule has 0 saturated carbocycles. The molecule has 222 valence electrons. The van der Waals surface area contributed by atoms with Gasteiger partial charge in [0.05, 0.1) is 23.3 Å². The van der Waals surface area contributed by atoms with E-state index in [0.29, 0.717) is 25.8 Å². The van der Waals surface area contributed by atoms with Crippen LogP contribution in [-0.2, 0) is 11.8 Å². The van der Waals surface area contributed by atoms with Crippen LogP contribution in [0.4, 0.5) is 8.78 Å². The van der Waals surface area contributed by atoms with E-state index in [2.05, 4.69) is 6.07 Å². The first-order valence-electron chi connectivity index (χ1n) is 13.8. The molecule has 42 heavy (non-hydrogen) atoms. The molecule has 0 bridgehead atoms. The highest BCUT2D eigenvalue weighted by Crippen LogP contribution is 2.56. The fourth-order valence-electron chi connectivity index (χ4n) is 6.45. The van der Waals surface area contributed by atoms with E-state index in [1.165, 1.54) is 18.2 Å². The second kappa shape index (κ2) is 12.7. The molecule has 1 fully saturated rings. The van der Waals surface area contributed by atoms with Crippen LogP contribution in [0.3, 0.4) is 0 Å². The van der Waals surface area contributed by atoms with Crippen molar-refractivity contribution in [3.8, 4) is 6.07 Å². The van der Waals surface area contributed by atoms with E-state index >= 15 is 8.78 Å². The average Bonchev–Trinajstić information content (AvgIpc) is 3.18. The smallest absolute Gasteiger partial charge is 0.335 e. The summed E-state index contributed by atoms with van der Waals surface area (Å²) in [7, 11) is 0. The molecule has 0 spiro atoms. The predicted octanol–water partition coefficient (Wildman–Crippen LogP) is 7.63. The van der Waals surface area contributed by atoms with Gasteiger partial charge in [-0.15, -0.1) is 0 Å². The lowest BCUT2D eigenvalue weighted by molar-refractivity contribution is 0.0697. The zero-order valence-electron chi connectivity index (χ0n) is 23.8. The Morgan fingerprint density at radius 3 is 2.36 bits per heavy atom. The van der Waals surface area contributed by atoms with Gasteiger partial charge in [0.1, 0.15) is 17.0 Å². The molecule has 3 aromatic rings. The van der Waals surface area contributed by atoms with E-state index in [9.17, 15) is 20.3 Å². The van der Waals surface area contributed by atoms with Crippen LogP contribution in [-0.4, -0.2) is 46.3 Å². The van der Waals surface area contributed by atoms with Crippen LogP contribution < -0.4 is 0 Å². The number of nitrogens with zero attached hydrogens (tertiary/aromatic N) is 2. The van der Waals surface area contributed by atoms with Gasteiger partial charge in [-0.25, -0.2) is 13.6 Å². The lowest BCUT2D eigenvalue weighted by atomic mass is 9.62. The van der Waals surface area contributed by atoms with Crippen LogP contribution in [0.5, 0.6) is 0 Å². The summed E-state index contributed by atoms with van der Waals surface area (Å²) in [6.07, 6.45) is 1.64. The van der Waals surface area contributed by atoms with Crippen LogP contribution in [0.25, 0.3) is 0 Å². The van der Waals surface area contributed by atoms with Crippen molar-refractivity contribution in [1.82, 2.24) is 4.90 Å². The van der Waals surface area contributed by atoms with Gasteiger partial charge in [0.15, 0.2) is 0 Å². The van der Waals surface area contributed by atoms with Crippen molar-refractivity contribution in [3.05, 3.63) is 105 Å². The first-order chi connectivity index (χ1) is 19.8. The highest BCUT2D eigenvalue weighted by atomic mass is 35.5. The van der Waals surface area contributed by atoms with Crippen LogP contribution in [0.15, 0.2) is 60.7 Å². The molecule has 1 heterocycles. The zero-order valence-corrected chi connectivity index (χ0v) is 25.3. The maximum atomic E-state index is 15.9. The number of carbonyl (C=O) groups is 1. The minimum atomic E-state index is -1.59. The number of carboxylic acids is 1. The normalized spacial score (nSPS) is 22.7. The van der Waals surface area contributed by atoms with Crippen LogP contribution in [0.1, 0.15) is 66.6 Å². The Morgan fingerprint density at radius 1 is 1.10 bits per heavy atom. The Morgan fingerprint density at radius 2 is 1.79 bits per heavy atom. The summed E-state index contributed by atoms with van der Waals surface area (Å²) in [6.45, 7) is 6.09. The topological polar surface area (TPSA) is 84.6 Å². The van der Waals surface area contributed by atoms with Crippen LogP contribution in [0, 0.1) is 28.4 Å². The first kappa shape index (κ1) is 31.9. The summed E-state index contributed by atoms with van der Waals surface area (Å²) in [6, 6.07) is 16.5. The number of hydrogen-bond acceptors (Lipinski definition) is 4. The fourth-order valence-corrected chi connectivity index (χ4v) is 6.80. The third kappa shape index (κ3) is 6.18. The predicted molar refractivity (Wildman–Crippen MR) is 160 cm³/mol. The minimum absolute atomic E-state index is 0.0956. The summed E-state index contributed by atoms with van der Waals surface area (Å²) in [4.78, 5) is 13.3. The van der Waals surface area contributed by atoms with E-state index in [1.54, 1.807) is 36.4 Å². The standard InChI is InChI=1S/C33H34Cl2F2N2O3/c1-32(2,3)17-28-33(19-38,24-14-13-22(34)16-26(24)36)29(23-7-4-8-25(35)30(23)37)27(18-40)39(28)15-5-6-20-9-11-21(12-10-20)31(41)42/h4,7-14,16,27-29,40H,5-6,15,17-18H2,1-3H3,(H,41,42)/t27-,28-,29-,33-/m0/s1. The summed E-state index contributed by atoms with van der Waals surface area (Å²) in [5, 5.41) is 31.2. The second-order valence-electron chi connectivity index (χ2n) is 12.1. The molecule has 9 heteroatoms. The summed E-state index contributed by atoms with van der Waals surface area (Å²) < 4.78 is 31.6. The van der Waals surface area contributed by atoms with Gasteiger partial charge in [0, 0.05) is 28.6 Å². The molecule has 0 unspecified atom stereocenters. The molecule has 0 amide bonds. The van der Waals surface area contributed by atoms with Gasteiger partial charge in [-0.2, -0.15) is 5.26 Å². The molecule has 4 rings (SSSR count). The van der Waals surface area contributed by atoms with E-state index in [1.807, 2.05) is 25.7 Å². The molecule has 1 aliphatic rings. The highest BCUT2D eigenvalue weighted by Gasteiger charge is 2.62. The lowest BCUT2D eigenvalue weighted by Gasteiger charge is -2.39. The van der Waals surface area contributed by atoms with Crippen molar-refractivity contribution in [1.29, 1.82) is 5.26 Å². The van der Waals surface area contributed by atoms with Crippen molar-refractivity contribution in [3.63, 3.8) is 0 Å². The fraction of sp³-hybridized carbons (Fsp3) is 0.394. The molecule has 1 aliphatic heterocycles. The Kier molecular flexibility index (Phi) is 9.64. The molecular formula is C33H34Cl2F2N2O3. The zero-order chi connectivity index (χ0) is 30.8. The maximum Gasteiger partial charge on any atom is 0.335 e. The van der Waals surface area contributed by atoms with Crippen LogP contribution in [0.2, 0.25) is 10.0 Å². The van der Waals surface area contributed by atoms with Gasteiger partial charge in [-0.05, 0) is 72.7 Å². The molecule has 1 saturated heterocycles. The van der Waals surface area contributed by atoms with Crippen molar-refractivity contribution in [2.24, 2.45) is 5.41 Å². The number of carboxylic acid groups (broad SMARTS) is 1. The molecule has 2 N–H and O–H groups in total. The van der Waals surface area contributed by atoms with E-state index < -0.39 is 47.6 Å². The molecule has 0 aromatic heterocycles. The van der Waals surface area contributed by atoms with Gasteiger partial charge >= 0.3 is 5.97 Å². The summed E-state index contributed by atoms with van der Waals surface area (Å²) >= 11 is 12.3. The van der Waals surface area contributed by atoms with Crippen molar-refractivity contribution < 1.29 is 23.8 Å². The molecule has 4 atom stereocenters. The first-order valence-corrected chi connectivity index (χ1v) is 14.6. The van der Waals surface area contributed by atoms with Crippen molar-refractivity contribution in [2.45, 2.75) is 63.5 Å². The number of aryl methyl sites for hydroxylation is 1. The van der Waals surface area contributed by atoms with E-state index in [4.69, 9.17) is 23.2 Å². The van der Waals surface area contributed by atoms with Gasteiger partial charge in [-0.1, -0.05) is 74.3 Å². The Bertz CT molecular complexity index is 1490. The number of aromatic carboxylic acids is 1. The number of nitriles is 1. The molecule has 0 aliphatic carbocycles. The van der Waals surface area contributed by atoms with Crippen molar-refractivity contribution >= 4 is 29.2 Å². The van der Waals surface area contributed by atoms with Gasteiger partial charge in [-0.3, -0.25) is 4.90 Å². The van der Waals surface area contributed by atoms with Gasteiger partial charge in [0.2, 0.25) is 0 Å². The molecule has 3 aromatic carbocycles. The van der Waals surface area contributed by atoms with E-state index in [0.717, 1.165) is 11.6 Å². The average molecular weight is 616 g/mol. The largest absolute Gasteiger partial charge is 0.478 e. The quantitative estimate of drug-likeness (QED) is 0.259. The molecular weight excluding hydrogens is 581 g/mol. The highest BCUT2D eigenvalue weighted by molar-refractivity contribution is 6.31. The van der Waals surface area contributed by atoms with Gasteiger partial charge in [0.25, 0.3) is 0 Å². The van der Waals surface area contributed by atoms with E-state index in [-0.39, 0.29) is 32.2 Å². The Hall–Kier alpha value is -3.02. The van der Waals surface area contributed by atoms with Crippen LogP contribution >= 0.6 is 23.2 Å². The number of aliphatic hydroxyl groups is 1. The van der Waals surface area contributed by atoms with Gasteiger partial charge < -0.3 is 10.2 Å². The Labute approximate surface area is 255 Å². The summed E-state index contributed by atoms with van der Waals surface area (Å²) in [5.41, 5.74) is -0.549. The SMILES string of the molecule is CC(C)(C)C[C@@H]1N(CCCc2ccc(C(=O)O)cc2)[C@@H](CO)[C@H](c2cccc(Cl)c2F)[C@@]1(C#N)c1ccc(Cl)cc1F. The summed E-state index contributed by atoms with van der Waals surface area (Å²) in [5.74, 6) is -3.33. The number of aliphatic hydroxyl groups excluding tert-OH is 1. The maximum absolute atomic E-state index is 15.9. The monoisotopic (exact) mass is 614 g/mol. The molecule has 0 radical (unpaired) electrons. The number of benzene rings is 3. The van der Waals surface area contributed by atoms with Crippen molar-refractivity contribution in [2.75, 3.05) is 13.2 Å². The third-order valence-corrected chi connectivity index (χ3v) is 8.71. The minimum Gasteiger partial charge on any atom is -0.478 e. The lowest BCUT2D eigenvalue weighted by Crippen LogP contribution is -2.47. The number of rotatable bonds is 9. The number of hydrogen-bond donors (Lipinski definition) is 2. The molecule has 5 nitrogen and oxygen atoms in total. The number of likely N-dealkylation sites (tertiary alicyclic amines) is 1. The Balaban J connectivity index is 1.86. The second-order valence-corrected chi connectivity index (χ2v) is 12.9. The number of halogens is 4.